The predicted molar refractivity (Wildman–Crippen MR) is 87.4 cm³/mol. The van der Waals surface area contributed by atoms with Crippen LogP contribution in [0.4, 0.5) is 11.4 Å². The van der Waals surface area contributed by atoms with Crippen LogP contribution in [0, 0.1) is 6.92 Å². The normalized spacial score (nSPS) is 11.2. The first-order valence-electron chi connectivity index (χ1n) is 6.86. The lowest BCUT2D eigenvalue weighted by molar-refractivity contribution is 0.594. The largest absolute Gasteiger partial charge is 0.384 e. The minimum atomic E-state index is -3.60. The Hall–Kier alpha value is -2.01. The molecule has 0 aliphatic carbocycles. The Bertz CT molecular complexity index is 727. The van der Waals surface area contributed by atoms with Gasteiger partial charge in [-0.15, -0.1) is 0 Å². The second kappa shape index (κ2) is 6.18. The zero-order chi connectivity index (χ0) is 15.5. The van der Waals surface area contributed by atoms with E-state index in [0.717, 1.165) is 5.56 Å². The fourth-order valence-corrected chi connectivity index (χ4v) is 3.65. The second-order valence-electron chi connectivity index (χ2n) is 4.79. The Kier molecular flexibility index (Phi) is 4.53. The molecule has 0 atom stereocenters. The summed E-state index contributed by atoms with van der Waals surface area (Å²) in [5.74, 6) is 0. The molecule has 5 heteroatoms. The van der Waals surface area contributed by atoms with E-state index in [9.17, 15) is 8.42 Å². The minimum absolute atomic E-state index is 0.289. The summed E-state index contributed by atoms with van der Waals surface area (Å²) in [6.45, 7) is 4.51. The molecule has 0 spiro atoms. The first-order valence-corrected chi connectivity index (χ1v) is 8.30. The SMILES string of the molecule is CCNc1ccccc1S(=O)(=O)N(C)c1ccccc1C. The van der Waals surface area contributed by atoms with Gasteiger partial charge in [0, 0.05) is 13.6 Å². The summed E-state index contributed by atoms with van der Waals surface area (Å²) in [6, 6.07) is 14.4. The van der Waals surface area contributed by atoms with Gasteiger partial charge in [0.15, 0.2) is 0 Å². The predicted octanol–water partition coefficient (Wildman–Crippen LogP) is 3.25. The average molecular weight is 304 g/mol. The number of benzene rings is 2. The van der Waals surface area contributed by atoms with Crippen LogP contribution in [0.1, 0.15) is 12.5 Å². The van der Waals surface area contributed by atoms with Crippen molar-refractivity contribution in [2.45, 2.75) is 18.7 Å². The highest BCUT2D eigenvalue weighted by Crippen LogP contribution is 2.28. The van der Waals surface area contributed by atoms with Crippen molar-refractivity contribution in [3.05, 3.63) is 54.1 Å². The Morgan fingerprint density at radius 3 is 2.33 bits per heavy atom. The molecular weight excluding hydrogens is 284 g/mol. The zero-order valence-electron chi connectivity index (χ0n) is 12.5. The Labute approximate surface area is 126 Å². The van der Waals surface area contributed by atoms with E-state index in [0.29, 0.717) is 17.9 Å². The molecule has 1 N–H and O–H groups in total. The first-order chi connectivity index (χ1) is 9.98. The summed E-state index contributed by atoms with van der Waals surface area (Å²) in [5, 5.41) is 3.10. The molecule has 0 saturated heterocycles. The summed E-state index contributed by atoms with van der Waals surface area (Å²) < 4.78 is 27.1. The Morgan fingerprint density at radius 2 is 1.67 bits per heavy atom. The summed E-state index contributed by atoms with van der Waals surface area (Å²) in [5.41, 5.74) is 2.23. The molecule has 0 amide bonds. The minimum Gasteiger partial charge on any atom is -0.384 e. The zero-order valence-corrected chi connectivity index (χ0v) is 13.3. The van der Waals surface area contributed by atoms with E-state index in [1.165, 1.54) is 4.31 Å². The maximum absolute atomic E-state index is 12.9. The number of aryl methyl sites for hydroxylation is 1. The number of rotatable bonds is 5. The smallest absolute Gasteiger partial charge is 0.266 e. The van der Waals surface area contributed by atoms with Crippen LogP contribution >= 0.6 is 0 Å². The third-order valence-corrected chi connectivity index (χ3v) is 5.18. The van der Waals surface area contributed by atoms with Crippen molar-refractivity contribution in [3.63, 3.8) is 0 Å². The molecule has 0 fully saturated rings. The molecule has 0 aromatic heterocycles. The van der Waals surface area contributed by atoms with Crippen molar-refractivity contribution < 1.29 is 8.42 Å². The van der Waals surface area contributed by atoms with Gasteiger partial charge in [0.1, 0.15) is 4.90 Å². The fraction of sp³-hybridized carbons (Fsp3) is 0.250. The standard InChI is InChI=1S/C16H20N2O2S/c1-4-17-14-10-6-8-12-16(14)21(19,20)18(3)15-11-7-5-9-13(15)2/h5-12,17H,4H2,1-3H3. The molecular formula is C16H20N2O2S. The van der Waals surface area contributed by atoms with E-state index in [4.69, 9.17) is 0 Å². The van der Waals surface area contributed by atoms with Gasteiger partial charge >= 0.3 is 0 Å². The van der Waals surface area contributed by atoms with E-state index in [2.05, 4.69) is 5.32 Å². The topological polar surface area (TPSA) is 49.4 Å². The maximum atomic E-state index is 12.9. The average Bonchev–Trinajstić information content (AvgIpc) is 2.48. The van der Waals surface area contributed by atoms with Gasteiger partial charge in [-0.05, 0) is 37.6 Å². The molecule has 0 radical (unpaired) electrons. The van der Waals surface area contributed by atoms with Crippen molar-refractivity contribution in [2.75, 3.05) is 23.2 Å². The number of para-hydroxylation sites is 2. The van der Waals surface area contributed by atoms with Crippen LogP contribution in [0.2, 0.25) is 0 Å². The van der Waals surface area contributed by atoms with Gasteiger partial charge in [-0.2, -0.15) is 0 Å². The molecule has 2 aromatic carbocycles. The number of nitrogens with zero attached hydrogens (tertiary/aromatic N) is 1. The van der Waals surface area contributed by atoms with E-state index in [1.54, 1.807) is 25.2 Å². The van der Waals surface area contributed by atoms with Gasteiger partial charge in [0.2, 0.25) is 0 Å². The van der Waals surface area contributed by atoms with Gasteiger partial charge in [0.25, 0.3) is 10.0 Å². The maximum Gasteiger partial charge on any atom is 0.266 e. The lowest BCUT2D eigenvalue weighted by atomic mass is 10.2. The summed E-state index contributed by atoms with van der Waals surface area (Å²) in [7, 11) is -2.01. The van der Waals surface area contributed by atoms with Crippen LogP contribution in [0.25, 0.3) is 0 Å². The summed E-state index contributed by atoms with van der Waals surface area (Å²) in [6.07, 6.45) is 0. The number of sulfonamides is 1. The lowest BCUT2D eigenvalue weighted by Gasteiger charge is -2.23. The van der Waals surface area contributed by atoms with Crippen molar-refractivity contribution in [2.24, 2.45) is 0 Å². The molecule has 0 heterocycles. The Morgan fingerprint density at radius 1 is 1.05 bits per heavy atom. The highest BCUT2D eigenvalue weighted by Gasteiger charge is 2.24. The molecule has 112 valence electrons. The highest BCUT2D eigenvalue weighted by molar-refractivity contribution is 7.93. The molecule has 0 saturated carbocycles. The third kappa shape index (κ3) is 3.03. The van der Waals surface area contributed by atoms with Crippen molar-refractivity contribution in [1.82, 2.24) is 0 Å². The van der Waals surface area contributed by atoms with Crippen LogP contribution < -0.4 is 9.62 Å². The van der Waals surface area contributed by atoms with Crippen LogP contribution in [0.5, 0.6) is 0 Å². The first kappa shape index (κ1) is 15.4. The summed E-state index contributed by atoms with van der Waals surface area (Å²) in [4.78, 5) is 0.289. The monoisotopic (exact) mass is 304 g/mol. The summed E-state index contributed by atoms with van der Waals surface area (Å²) >= 11 is 0. The van der Waals surface area contributed by atoms with E-state index in [1.807, 2.05) is 44.2 Å². The van der Waals surface area contributed by atoms with Crippen LogP contribution in [-0.4, -0.2) is 22.0 Å². The van der Waals surface area contributed by atoms with Crippen molar-refractivity contribution in [3.8, 4) is 0 Å². The van der Waals surface area contributed by atoms with Crippen LogP contribution in [-0.2, 0) is 10.0 Å². The third-order valence-electron chi connectivity index (χ3n) is 3.35. The van der Waals surface area contributed by atoms with Crippen molar-refractivity contribution >= 4 is 21.4 Å². The molecule has 21 heavy (non-hydrogen) atoms. The van der Waals surface area contributed by atoms with Gasteiger partial charge in [-0.25, -0.2) is 8.42 Å². The van der Waals surface area contributed by atoms with Gasteiger partial charge in [-0.3, -0.25) is 4.31 Å². The van der Waals surface area contributed by atoms with E-state index in [-0.39, 0.29) is 4.90 Å². The van der Waals surface area contributed by atoms with Crippen LogP contribution in [0.3, 0.4) is 0 Å². The molecule has 2 rings (SSSR count). The fourth-order valence-electron chi connectivity index (χ4n) is 2.22. The van der Waals surface area contributed by atoms with Gasteiger partial charge < -0.3 is 5.32 Å². The van der Waals surface area contributed by atoms with Crippen LogP contribution in [0.15, 0.2) is 53.4 Å². The number of hydrogen-bond acceptors (Lipinski definition) is 3. The highest BCUT2D eigenvalue weighted by atomic mass is 32.2. The molecule has 2 aromatic rings. The van der Waals surface area contributed by atoms with Gasteiger partial charge in [0.05, 0.1) is 11.4 Å². The number of nitrogens with one attached hydrogen (secondary N) is 1. The van der Waals surface area contributed by atoms with Crippen molar-refractivity contribution in [1.29, 1.82) is 0 Å². The quantitative estimate of drug-likeness (QED) is 0.922. The number of hydrogen-bond donors (Lipinski definition) is 1. The van der Waals surface area contributed by atoms with E-state index < -0.39 is 10.0 Å². The molecule has 0 bridgehead atoms. The van der Waals surface area contributed by atoms with Gasteiger partial charge in [-0.1, -0.05) is 30.3 Å². The molecule has 4 nitrogen and oxygen atoms in total. The second-order valence-corrected chi connectivity index (χ2v) is 6.72. The molecule has 0 unspecified atom stereocenters. The molecule has 0 aliphatic rings. The lowest BCUT2D eigenvalue weighted by Crippen LogP contribution is -2.28. The van der Waals surface area contributed by atoms with E-state index >= 15 is 0 Å². The number of anilines is 2. The Balaban J connectivity index is 2.50. The molecule has 0 aliphatic heterocycles.